The summed E-state index contributed by atoms with van der Waals surface area (Å²) in [5.41, 5.74) is 0.0364. The smallest absolute Gasteiger partial charge is 0.326 e. The molecule has 116 valence electrons. The molecule has 1 aliphatic heterocycles. The lowest BCUT2D eigenvalue weighted by molar-refractivity contribution is -0.154. The van der Waals surface area contributed by atoms with Crippen molar-refractivity contribution >= 4 is 5.97 Å². The summed E-state index contributed by atoms with van der Waals surface area (Å²) in [7, 11) is 1.40. The van der Waals surface area contributed by atoms with Gasteiger partial charge in [0.1, 0.15) is 11.4 Å². The SMILES string of the molecule is COC(=O)C(C)(Cc1cccc(F)c1)N1CCCNCC1. The van der Waals surface area contributed by atoms with Crippen molar-refractivity contribution in [2.24, 2.45) is 0 Å². The lowest BCUT2D eigenvalue weighted by Crippen LogP contribution is -2.55. The van der Waals surface area contributed by atoms with Gasteiger partial charge in [-0.1, -0.05) is 12.1 Å². The Bertz CT molecular complexity index is 487. The van der Waals surface area contributed by atoms with Crippen molar-refractivity contribution in [2.75, 3.05) is 33.3 Å². The first-order valence-corrected chi connectivity index (χ1v) is 7.35. The molecule has 0 amide bonds. The molecule has 0 saturated carbocycles. The molecule has 0 radical (unpaired) electrons. The second-order valence-electron chi connectivity index (χ2n) is 5.66. The van der Waals surface area contributed by atoms with Gasteiger partial charge in [0.25, 0.3) is 0 Å². The minimum absolute atomic E-state index is 0.270. The maximum absolute atomic E-state index is 13.4. The van der Waals surface area contributed by atoms with Crippen LogP contribution in [-0.4, -0.2) is 49.7 Å². The lowest BCUT2D eigenvalue weighted by Gasteiger charge is -2.38. The molecule has 1 heterocycles. The topological polar surface area (TPSA) is 41.6 Å². The van der Waals surface area contributed by atoms with Gasteiger partial charge in [0.05, 0.1) is 7.11 Å². The zero-order valence-electron chi connectivity index (χ0n) is 12.7. The van der Waals surface area contributed by atoms with Crippen LogP contribution in [0.15, 0.2) is 24.3 Å². The first-order chi connectivity index (χ1) is 10.1. The van der Waals surface area contributed by atoms with E-state index in [9.17, 15) is 9.18 Å². The third-order valence-electron chi connectivity index (χ3n) is 4.10. The molecule has 1 unspecified atom stereocenters. The van der Waals surface area contributed by atoms with Crippen LogP contribution in [0.4, 0.5) is 4.39 Å². The van der Waals surface area contributed by atoms with E-state index < -0.39 is 5.54 Å². The summed E-state index contributed by atoms with van der Waals surface area (Å²) in [5, 5.41) is 3.33. The van der Waals surface area contributed by atoms with E-state index in [2.05, 4.69) is 10.2 Å². The number of halogens is 1. The van der Waals surface area contributed by atoms with Crippen molar-refractivity contribution in [3.63, 3.8) is 0 Å². The molecule has 4 nitrogen and oxygen atoms in total. The zero-order valence-corrected chi connectivity index (χ0v) is 12.7. The van der Waals surface area contributed by atoms with E-state index in [0.717, 1.165) is 38.2 Å². The quantitative estimate of drug-likeness (QED) is 0.857. The molecule has 2 rings (SSSR count). The standard InChI is InChI=1S/C16H23FN2O2/c1-16(15(20)21-2,19-9-4-7-18-8-10-19)12-13-5-3-6-14(17)11-13/h3,5-6,11,18H,4,7-10,12H2,1-2H3. The van der Waals surface area contributed by atoms with Crippen molar-refractivity contribution in [3.05, 3.63) is 35.6 Å². The highest BCUT2D eigenvalue weighted by atomic mass is 19.1. The van der Waals surface area contributed by atoms with Gasteiger partial charge in [-0.15, -0.1) is 0 Å². The third-order valence-corrected chi connectivity index (χ3v) is 4.10. The van der Waals surface area contributed by atoms with Crippen LogP contribution in [-0.2, 0) is 16.0 Å². The van der Waals surface area contributed by atoms with Gasteiger partial charge in [-0.05, 0) is 37.6 Å². The number of methoxy groups -OCH3 is 1. The number of nitrogens with one attached hydrogen (secondary N) is 1. The highest BCUT2D eigenvalue weighted by molar-refractivity contribution is 5.80. The number of hydrogen-bond donors (Lipinski definition) is 1. The molecule has 1 fully saturated rings. The highest BCUT2D eigenvalue weighted by Crippen LogP contribution is 2.24. The summed E-state index contributed by atoms with van der Waals surface area (Å²) < 4.78 is 18.4. The molecule has 0 spiro atoms. The Kier molecular flexibility index (Phi) is 5.31. The van der Waals surface area contributed by atoms with Crippen LogP contribution >= 0.6 is 0 Å². The van der Waals surface area contributed by atoms with Gasteiger partial charge in [-0.25, -0.2) is 4.39 Å². The molecular weight excluding hydrogens is 271 g/mol. The largest absolute Gasteiger partial charge is 0.468 e. The van der Waals surface area contributed by atoms with Gasteiger partial charge in [0.15, 0.2) is 0 Å². The molecule has 1 aromatic carbocycles. The Labute approximate surface area is 125 Å². The van der Waals surface area contributed by atoms with Crippen molar-refractivity contribution in [2.45, 2.75) is 25.3 Å². The second-order valence-corrected chi connectivity index (χ2v) is 5.66. The molecule has 0 bridgehead atoms. The van der Waals surface area contributed by atoms with Gasteiger partial charge in [-0.3, -0.25) is 9.69 Å². The lowest BCUT2D eigenvalue weighted by atomic mass is 9.90. The number of rotatable bonds is 4. The molecule has 21 heavy (non-hydrogen) atoms. The predicted molar refractivity (Wildman–Crippen MR) is 79.6 cm³/mol. The fourth-order valence-electron chi connectivity index (χ4n) is 2.92. The van der Waals surface area contributed by atoms with Gasteiger partial charge in [0.2, 0.25) is 0 Å². The van der Waals surface area contributed by atoms with Gasteiger partial charge < -0.3 is 10.1 Å². The Morgan fingerprint density at radius 3 is 2.95 bits per heavy atom. The number of benzene rings is 1. The predicted octanol–water partition coefficient (Wildman–Crippen LogP) is 1.60. The second kappa shape index (κ2) is 7.00. The third kappa shape index (κ3) is 3.80. The van der Waals surface area contributed by atoms with Crippen molar-refractivity contribution in [1.29, 1.82) is 0 Å². The summed E-state index contributed by atoms with van der Waals surface area (Å²) in [6.07, 6.45) is 1.42. The first-order valence-electron chi connectivity index (χ1n) is 7.35. The number of carbonyl (C=O) groups excluding carboxylic acids is 1. The minimum Gasteiger partial charge on any atom is -0.468 e. The van der Waals surface area contributed by atoms with E-state index in [-0.39, 0.29) is 11.8 Å². The Balaban J connectivity index is 2.25. The average Bonchev–Trinajstić information content (AvgIpc) is 2.75. The van der Waals surface area contributed by atoms with Crippen LogP contribution in [0.1, 0.15) is 18.9 Å². The van der Waals surface area contributed by atoms with E-state index >= 15 is 0 Å². The van der Waals surface area contributed by atoms with Crippen LogP contribution in [0.5, 0.6) is 0 Å². The molecule has 0 aliphatic carbocycles. The Morgan fingerprint density at radius 1 is 1.43 bits per heavy atom. The van der Waals surface area contributed by atoms with Crippen LogP contribution in [0.3, 0.4) is 0 Å². The highest BCUT2D eigenvalue weighted by Gasteiger charge is 2.40. The van der Waals surface area contributed by atoms with E-state index in [0.29, 0.717) is 6.42 Å². The molecular formula is C16H23FN2O2. The summed E-state index contributed by atoms with van der Waals surface area (Å²) in [5.74, 6) is -0.550. The Hall–Kier alpha value is -1.46. The van der Waals surface area contributed by atoms with Crippen molar-refractivity contribution < 1.29 is 13.9 Å². The molecule has 0 aromatic heterocycles. The van der Waals surface area contributed by atoms with Crippen LogP contribution in [0.25, 0.3) is 0 Å². The van der Waals surface area contributed by atoms with Gasteiger partial charge in [-0.2, -0.15) is 0 Å². The number of nitrogens with zero attached hydrogens (tertiary/aromatic N) is 1. The van der Waals surface area contributed by atoms with Gasteiger partial charge in [0, 0.05) is 26.1 Å². The number of hydrogen-bond acceptors (Lipinski definition) is 4. The van der Waals surface area contributed by atoms with Crippen LogP contribution in [0, 0.1) is 5.82 Å². The molecule has 1 aliphatic rings. The fraction of sp³-hybridized carbons (Fsp3) is 0.562. The monoisotopic (exact) mass is 294 g/mol. The fourth-order valence-corrected chi connectivity index (χ4v) is 2.92. The van der Waals surface area contributed by atoms with Crippen LogP contribution < -0.4 is 5.32 Å². The van der Waals surface area contributed by atoms with Crippen LogP contribution in [0.2, 0.25) is 0 Å². The van der Waals surface area contributed by atoms with E-state index in [1.807, 2.05) is 13.0 Å². The first kappa shape index (κ1) is 15.9. The van der Waals surface area contributed by atoms with Gasteiger partial charge >= 0.3 is 5.97 Å². The van der Waals surface area contributed by atoms with Crippen molar-refractivity contribution in [1.82, 2.24) is 10.2 Å². The summed E-state index contributed by atoms with van der Waals surface area (Å²) >= 11 is 0. The van der Waals surface area contributed by atoms with E-state index in [1.54, 1.807) is 6.07 Å². The zero-order chi connectivity index (χ0) is 15.3. The maximum atomic E-state index is 13.4. The average molecular weight is 294 g/mol. The minimum atomic E-state index is -0.769. The molecule has 1 aromatic rings. The summed E-state index contributed by atoms with van der Waals surface area (Å²) in [6, 6.07) is 6.42. The number of esters is 1. The molecule has 1 saturated heterocycles. The molecule has 1 N–H and O–H groups in total. The van der Waals surface area contributed by atoms with E-state index in [1.165, 1.54) is 19.2 Å². The normalized spacial score (nSPS) is 19.6. The summed E-state index contributed by atoms with van der Waals surface area (Å²) in [4.78, 5) is 14.5. The van der Waals surface area contributed by atoms with E-state index in [4.69, 9.17) is 4.74 Å². The Morgan fingerprint density at radius 2 is 2.24 bits per heavy atom. The number of carbonyl (C=O) groups is 1. The number of ether oxygens (including phenoxy) is 1. The molecule has 1 atom stereocenters. The van der Waals surface area contributed by atoms with Crippen molar-refractivity contribution in [3.8, 4) is 0 Å². The maximum Gasteiger partial charge on any atom is 0.326 e. The summed E-state index contributed by atoms with van der Waals surface area (Å²) in [6.45, 7) is 5.29. The molecule has 5 heteroatoms.